The number of hydrogen-bond acceptors (Lipinski definition) is 2. The molecule has 0 aliphatic heterocycles. The highest BCUT2D eigenvalue weighted by atomic mass is 16.5. The van der Waals surface area contributed by atoms with Gasteiger partial charge in [0.2, 0.25) is 0 Å². The lowest BCUT2D eigenvalue weighted by atomic mass is 10.2. The van der Waals surface area contributed by atoms with Gasteiger partial charge in [-0.15, -0.1) is 6.58 Å². The van der Waals surface area contributed by atoms with Crippen LogP contribution in [0.2, 0.25) is 0 Å². The van der Waals surface area contributed by atoms with Crippen LogP contribution in [0, 0.1) is 11.3 Å². The Bertz CT molecular complexity index is 313. The maximum absolute atomic E-state index is 8.71. The fourth-order valence-corrected chi connectivity index (χ4v) is 1.08. The first-order valence-corrected chi connectivity index (χ1v) is 4.53. The first-order chi connectivity index (χ1) is 6.86. The first-order valence-electron chi connectivity index (χ1n) is 4.53. The van der Waals surface area contributed by atoms with Gasteiger partial charge in [-0.2, -0.15) is 5.26 Å². The maximum Gasteiger partial charge on any atom is 0.147 e. The molecular formula is C12H13NO. The van der Waals surface area contributed by atoms with E-state index in [4.69, 9.17) is 10.00 Å². The Hall–Kier alpha value is -1.59. The van der Waals surface area contributed by atoms with E-state index in [-0.39, 0.29) is 6.10 Å². The molecule has 0 N–H and O–H groups in total. The molecule has 0 aromatic heterocycles. The molecule has 0 fully saturated rings. The van der Waals surface area contributed by atoms with E-state index in [1.54, 1.807) is 6.08 Å². The summed E-state index contributed by atoms with van der Waals surface area (Å²) >= 11 is 0. The predicted molar refractivity (Wildman–Crippen MR) is 55.4 cm³/mol. The summed E-state index contributed by atoms with van der Waals surface area (Å²) in [7, 11) is 0. The Kier molecular flexibility index (Phi) is 4.46. The third-order valence-corrected chi connectivity index (χ3v) is 1.82. The van der Waals surface area contributed by atoms with E-state index in [2.05, 4.69) is 12.6 Å². The average Bonchev–Trinajstić information content (AvgIpc) is 2.25. The molecule has 0 heterocycles. The molecule has 2 heteroatoms. The average molecular weight is 187 g/mol. The zero-order valence-electron chi connectivity index (χ0n) is 8.02. The van der Waals surface area contributed by atoms with Crippen LogP contribution in [-0.2, 0) is 11.3 Å². The second-order valence-electron chi connectivity index (χ2n) is 2.94. The van der Waals surface area contributed by atoms with Crippen molar-refractivity contribution in [2.75, 3.05) is 0 Å². The topological polar surface area (TPSA) is 33.0 Å². The van der Waals surface area contributed by atoms with Gasteiger partial charge >= 0.3 is 0 Å². The van der Waals surface area contributed by atoms with Crippen LogP contribution >= 0.6 is 0 Å². The zero-order valence-corrected chi connectivity index (χ0v) is 8.02. The number of ether oxygens (including phenoxy) is 1. The van der Waals surface area contributed by atoms with Crippen molar-refractivity contribution in [3.05, 3.63) is 48.6 Å². The normalized spacial score (nSPS) is 11.6. The van der Waals surface area contributed by atoms with Crippen molar-refractivity contribution in [1.29, 1.82) is 5.26 Å². The lowest BCUT2D eigenvalue weighted by Crippen LogP contribution is -2.08. The Morgan fingerprint density at radius 2 is 2.14 bits per heavy atom. The van der Waals surface area contributed by atoms with Crippen LogP contribution in [0.5, 0.6) is 0 Å². The van der Waals surface area contributed by atoms with Crippen molar-refractivity contribution in [1.82, 2.24) is 0 Å². The van der Waals surface area contributed by atoms with Crippen molar-refractivity contribution in [2.24, 2.45) is 0 Å². The quantitative estimate of drug-likeness (QED) is 0.664. The fraction of sp³-hybridized carbons (Fsp3) is 0.250. The maximum atomic E-state index is 8.71. The summed E-state index contributed by atoms with van der Waals surface area (Å²) in [6.07, 6.45) is 1.88. The highest BCUT2D eigenvalue weighted by Gasteiger charge is 2.04. The molecule has 0 amide bonds. The van der Waals surface area contributed by atoms with Crippen molar-refractivity contribution in [3.8, 4) is 6.07 Å². The van der Waals surface area contributed by atoms with Gasteiger partial charge in [0.15, 0.2) is 0 Å². The first kappa shape index (κ1) is 10.5. The molecule has 1 aromatic rings. The molecule has 0 saturated heterocycles. The second-order valence-corrected chi connectivity index (χ2v) is 2.94. The summed E-state index contributed by atoms with van der Waals surface area (Å²) in [6.45, 7) is 4.05. The smallest absolute Gasteiger partial charge is 0.147 e. The molecule has 1 atom stereocenters. The van der Waals surface area contributed by atoms with Gasteiger partial charge in [-0.25, -0.2) is 0 Å². The molecule has 1 aromatic carbocycles. The van der Waals surface area contributed by atoms with Crippen LogP contribution in [0.4, 0.5) is 0 Å². The zero-order chi connectivity index (χ0) is 10.2. The lowest BCUT2D eigenvalue weighted by Gasteiger charge is -2.07. The summed E-state index contributed by atoms with van der Waals surface area (Å²) in [4.78, 5) is 0. The molecule has 0 spiro atoms. The minimum absolute atomic E-state index is 0.382. The fourth-order valence-electron chi connectivity index (χ4n) is 1.08. The molecule has 0 aliphatic carbocycles. The molecule has 0 aliphatic rings. The van der Waals surface area contributed by atoms with Crippen LogP contribution in [0.15, 0.2) is 43.0 Å². The van der Waals surface area contributed by atoms with Gasteiger partial charge in [0, 0.05) is 6.42 Å². The molecule has 0 saturated carbocycles. The molecule has 1 unspecified atom stereocenters. The van der Waals surface area contributed by atoms with Crippen LogP contribution in [0.3, 0.4) is 0 Å². The van der Waals surface area contributed by atoms with Gasteiger partial charge in [0.25, 0.3) is 0 Å². The number of rotatable bonds is 5. The summed E-state index contributed by atoms with van der Waals surface area (Å²) in [6, 6.07) is 11.9. The SMILES string of the molecule is C=CCC(C#N)OCc1ccccc1. The van der Waals surface area contributed by atoms with E-state index in [9.17, 15) is 0 Å². The van der Waals surface area contributed by atoms with Gasteiger partial charge in [-0.3, -0.25) is 0 Å². The van der Waals surface area contributed by atoms with Crippen LogP contribution in [0.25, 0.3) is 0 Å². The van der Waals surface area contributed by atoms with E-state index in [1.165, 1.54) is 0 Å². The van der Waals surface area contributed by atoms with Crippen molar-refractivity contribution in [3.63, 3.8) is 0 Å². The Balaban J connectivity index is 2.40. The lowest BCUT2D eigenvalue weighted by molar-refractivity contribution is 0.0788. The third kappa shape index (κ3) is 3.42. The molecule has 0 bridgehead atoms. The highest BCUT2D eigenvalue weighted by Crippen LogP contribution is 2.05. The molecule has 72 valence electrons. The third-order valence-electron chi connectivity index (χ3n) is 1.82. The molecule has 2 nitrogen and oxygen atoms in total. The minimum Gasteiger partial charge on any atom is -0.358 e. The van der Waals surface area contributed by atoms with E-state index in [0.717, 1.165) is 5.56 Å². The van der Waals surface area contributed by atoms with Crippen LogP contribution in [-0.4, -0.2) is 6.10 Å². The van der Waals surface area contributed by atoms with Crippen molar-refractivity contribution >= 4 is 0 Å². The largest absolute Gasteiger partial charge is 0.358 e. The Morgan fingerprint density at radius 3 is 2.71 bits per heavy atom. The van der Waals surface area contributed by atoms with Crippen molar-refractivity contribution < 1.29 is 4.74 Å². The summed E-state index contributed by atoms with van der Waals surface area (Å²) in [5, 5.41) is 8.71. The predicted octanol–water partition coefficient (Wildman–Crippen LogP) is 2.67. The van der Waals surface area contributed by atoms with E-state index in [1.807, 2.05) is 30.3 Å². The van der Waals surface area contributed by atoms with E-state index in [0.29, 0.717) is 13.0 Å². The number of hydrogen-bond donors (Lipinski definition) is 0. The summed E-state index contributed by atoms with van der Waals surface area (Å²) in [5.41, 5.74) is 1.08. The van der Waals surface area contributed by atoms with Gasteiger partial charge in [-0.1, -0.05) is 36.4 Å². The number of nitriles is 1. The van der Waals surface area contributed by atoms with Crippen molar-refractivity contribution in [2.45, 2.75) is 19.1 Å². The summed E-state index contributed by atoms with van der Waals surface area (Å²) < 4.78 is 5.39. The van der Waals surface area contributed by atoms with E-state index >= 15 is 0 Å². The highest BCUT2D eigenvalue weighted by molar-refractivity contribution is 5.13. The molecule has 0 radical (unpaired) electrons. The number of nitrogens with zero attached hydrogens (tertiary/aromatic N) is 1. The van der Waals surface area contributed by atoms with Crippen LogP contribution < -0.4 is 0 Å². The monoisotopic (exact) mass is 187 g/mol. The van der Waals surface area contributed by atoms with Gasteiger partial charge in [0.05, 0.1) is 12.7 Å². The standard InChI is InChI=1S/C12H13NO/c1-2-6-12(9-13)14-10-11-7-4-3-5-8-11/h2-5,7-8,12H,1,6,10H2. The van der Waals surface area contributed by atoms with E-state index < -0.39 is 0 Å². The molecule has 1 rings (SSSR count). The molecule has 14 heavy (non-hydrogen) atoms. The van der Waals surface area contributed by atoms with Gasteiger partial charge < -0.3 is 4.74 Å². The second kappa shape index (κ2) is 5.95. The Morgan fingerprint density at radius 1 is 1.43 bits per heavy atom. The number of benzene rings is 1. The van der Waals surface area contributed by atoms with Gasteiger partial charge in [-0.05, 0) is 5.56 Å². The molecular weight excluding hydrogens is 174 g/mol. The Labute approximate surface area is 84.4 Å². The summed E-state index contributed by atoms with van der Waals surface area (Å²) in [5.74, 6) is 0. The van der Waals surface area contributed by atoms with Crippen LogP contribution in [0.1, 0.15) is 12.0 Å². The minimum atomic E-state index is -0.382. The van der Waals surface area contributed by atoms with Gasteiger partial charge in [0.1, 0.15) is 6.10 Å².